The van der Waals surface area contributed by atoms with Gasteiger partial charge in [0.15, 0.2) is 0 Å². The van der Waals surface area contributed by atoms with Gasteiger partial charge in [-0.25, -0.2) is 4.79 Å². The van der Waals surface area contributed by atoms with Gasteiger partial charge < -0.3 is 15.2 Å². The van der Waals surface area contributed by atoms with Crippen molar-refractivity contribution in [3.8, 4) is 0 Å². The van der Waals surface area contributed by atoms with Crippen molar-refractivity contribution < 1.29 is 19.4 Å². The zero-order chi connectivity index (χ0) is 12.0. The van der Waals surface area contributed by atoms with Crippen molar-refractivity contribution in [1.29, 1.82) is 0 Å². The molecule has 0 aromatic rings. The monoisotopic (exact) mass is 229 g/mol. The second-order valence-corrected chi connectivity index (χ2v) is 4.07. The van der Waals surface area contributed by atoms with Crippen molar-refractivity contribution in [2.75, 3.05) is 13.2 Å². The normalized spacial score (nSPS) is 19.1. The Morgan fingerprint density at radius 3 is 2.56 bits per heavy atom. The van der Waals surface area contributed by atoms with Crippen molar-refractivity contribution in [2.45, 2.75) is 38.6 Å². The number of rotatable bonds is 5. The van der Waals surface area contributed by atoms with E-state index in [-0.39, 0.29) is 11.8 Å². The summed E-state index contributed by atoms with van der Waals surface area (Å²) in [5.74, 6) is -1.20. The molecule has 0 unspecified atom stereocenters. The number of carbonyl (C=O) groups is 2. The molecular weight excluding hydrogens is 210 g/mol. The molecule has 0 spiro atoms. The van der Waals surface area contributed by atoms with Crippen LogP contribution < -0.4 is 5.32 Å². The number of carboxylic acid groups (broad SMARTS) is 1. The molecule has 1 aliphatic rings. The molecule has 5 heteroatoms. The van der Waals surface area contributed by atoms with Crippen LogP contribution in [0.1, 0.15) is 32.6 Å². The van der Waals surface area contributed by atoms with Crippen molar-refractivity contribution >= 4 is 11.9 Å². The Hall–Kier alpha value is -1.10. The van der Waals surface area contributed by atoms with Crippen LogP contribution in [0, 0.1) is 5.92 Å². The molecule has 1 heterocycles. The highest BCUT2D eigenvalue weighted by Gasteiger charge is 2.25. The van der Waals surface area contributed by atoms with Gasteiger partial charge in [0.1, 0.15) is 6.04 Å². The Labute approximate surface area is 95.2 Å². The molecule has 0 aliphatic carbocycles. The Balaban J connectivity index is 2.43. The third kappa shape index (κ3) is 3.81. The summed E-state index contributed by atoms with van der Waals surface area (Å²) in [6.45, 7) is 3.07. The van der Waals surface area contributed by atoms with E-state index < -0.39 is 12.0 Å². The Morgan fingerprint density at radius 1 is 1.44 bits per heavy atom. The molecule has 1 fully saturated rings. The van der Waals surface area contributed by atoms with Gasteiger partial charge in [0, 0.05) is 19.1 Å². The topological polar surface area (TPSA) is 75.6 Å². The summed E-state index contributed by atoms with van der Waals surface area (Å²) in [6, 6.07) is -0.750. The zero-order valence-corrected chi connectivity index (χ0v) is 9.57. The molecule has 0 saturated carbocycles. The number of hydrogen-bond acceptors (Lipinski definition) is 3. The van der Waals surface area contributed by atoms with Gasteiger partial charge >= 0.3 is 5.97 Å². The summed E-state index contributed by atoms with van der Waals surface area (Å²) in [5.41, 5.74) is 0. The second kappa shape index (κ2) is 6.48. The lowest BCUT2D eigenvalue weighted by molar-refractivity contribution is -0.143. The van der Waals surface area contributed by atoms with Crippen LogP contribution >= 0.6 is 0 Å². The van der Waals surface area contributed by atoms with Gasteiger partial charge in [-0.3, -0.25) is 4.79 Å². The van der Waals surface area contributed by atoms with E-state index in [1.54, 1.807) is 0 Å². The van der Waals surface area contributed by atoms with Crippen LogP contribution in [0.5, 0.6) is 0 Å². The highest BCUT2D eigenvalue weighted by Crippen LogP contribution is 2.15. The number of carbonyl (C=O) groups excluding carboxylic acids is 1. The van der Waals surface area contributed by atoms with Crippen LogP contribution in [0.25, 0.3) is 0 Å². The molecule has 1 saturated heterocycles. The Bertz CT molecular complexity index is 248. The zero-order valence-electron chi connectivity index (χ0n) is 9.57. The molecule has 1 rings (SSSR count). The van der Waals surface area contributed by atoms with Crippen LogP contribution in [-0.4, -0.2) is 36.2 Å². The minimum atomic E-state index is -0.956. The molecule has 1 aliphatic heterocycles. The Morgan fingerprint density at radius 2 is 2.06 bits per heavy atom. The summed E-state index contributed by atoms with van der Waals surface area (Å²) in [7, 11) is 0. The summed E-state index contributed by atoms with van der Waals surface area (Å²) in [6.07, 6.45) is 2.59. The molecule has 16 heavy (non-hydrogen) atoms. The summed E-state index contributed by atoms with van der Waals surface area (Å²) in [5, 5.41) is 11.5. The summed E-state index contributed by atoms with van der Waals surface area (Å²) >= 11 is 0. The maximum absolute atomic E-state index is 11.8. The molecule has 0 bridgehead atoms. The average molecular weight is 229 g/mol. The van der Waals surface area contributed by atoms with Gasteiger partial charge in [-0.2, -0.15) is 0 Å². The van der Waals surface area contributed by atoms with Crippen LogP contribution in [0.2, 0.25) is 0 Å². The van der Waals surface area contributed by atoms with E-state index in [0.29, 0.717) is 32.5 Å². The van der Waals surface area contributed by atoms with Crippen LogP contribution in [0.4, 0.5) is 0 Å². The Kier molecular flexibility index (Phi) is 5.25. The number of nitrogens with one attached hydrogen (secondary N) is 1. The third-order valence-electron chi connectivity index (χ3n) is 2.78. The molecular formula is C11H19NO4. The smallest absolute Gasteiger partial charge is 0.326 e. The predicted molar refractivity (Wildman–Crippen MR) is 58.0 cm³/mol. The summed E-state index contributed by atoms with van der Waals surface area (Å²) in [4.78, 5) is 22.6. The van der Waals surface area contributed by atoms with Crippen molar-refractivity contribution in [3.63, 3.8) is 0 Å². The average Bonchev–Trinajstić information content (AvgIpc) is 2.29. The fourth-order valence-electron chi connectivity index (χ4n) is 1.80. The molecule has 2 N–H and O–H groups in total. The van der Waals surface area contributed by atoms with Gasteiger partial charge in [0.2, 0.25) is 5.91 Å². The van der Waals surface area contributed by atoms with E-state index in [1.807, 2.05) is 6.92 Å². The first-order chi connectivity index (χ1) is 7.65. The first kappa shape index (κ1) is 13.0. The van der Waals surface area contributed by atoms with Gasteiger partial charge in [-0.05, 0) is 19.3 Å². The largest absolute Gasteiger partial charge is 0.480 e. The van der Waals surface area contributed by atoms with E-state index in [1.165, 1.54) is 0 Å². The molecule has 5 nitrogen and oxygen atoms in total. The molecule has 1 amide bonds. The first-order valence-corrected chi connectivity index (χ1v) is 5.76. The minimum absolute atomic E-state index is 0.0903. The van der Waals surface area contributed by atoms with Crippen LogP contribution in [0.3, 0.4) is 0 Å². The van der Waals surface area contributed by atoms with Crippen molar-refractivity contribution in [1.82, 2.24) is 5.32 Å². The fraction of sp³-hybridized carbons (Fsp3) is 0.818. The maximum atomic E-state index is 11.8. The molecule has 0 radical (unpaired) electrons. The molecule has 0 aromatic heterocycles. The lowest BCUT2D eigenvalue weighted by atomic mass is 9.98. The maximum Gasteiger partial charge on any atom is 0.326 e. The number of carboxylic acids is 1. The third-order valence-corrected chi connectivity index (χ3v) is 2.78. The van der Waals surface area contributed by atoms with Gasteiger partial charge in [-0.15, -0.1) is 0 Å². The fourth-order valence-corrected chi connectivity index (χ4v) is 1.80. The van der Waals surface area contributed by atoms with Gasteiger partial charge in [-0.1, -0.05) is 13.3 Å². The van der Waals surface area contributed by atoms with E-state index in [2.05, 4.69) is 5.32 Å². The highest BCUT2D eigenvalue weighted by molar-refractivity contribution is 5.84. The van der Waals surface area contributed by atoms with Crippen LogP contribution in [0.15, 0.2) is 0 Å². The number of amides is 1. The molecule has 0 aromatic carbocycles. The second-order valence-electron chi connectivity index (χ2n) is 4.07. The van der Waals surface area contributed by atoms with Crippen LogP contribution in [-0.2, 0) is 14.3 Å². The van der Waals surface area contributed by atoms with Crippen molar-refractivity contribution in [3.05, 3.63) is 0 Å². The van der Waals surface area contributed by atoms with E-state index in [9.17, 15) is 9.59 Å². The SMILES string of the molecule is CCC[C@H](NC(=O)C1CCOCC1)C(=O)O. The quantitative estimate of drug-likeness (QED) is 0.730. The number of hydrogen-bond donors (Lipinski definition) is 2. The van der Waals surface area contributed by atoms with Gasteiger partial charge in [0.25, 0.3) is 0 Å². The number of aliphatic carboxylic acids is 1. The van der Waals surface area contributed by atoms with E-state index in [4.69, 9.17) is 9.84 Å². The molecule has 1 atom stereocenters. The summed E-state index contributed by atoms with van der Waals surface area (Å²) < 4.78 is 5.15. The lowest BCUT2D eigenvalue weighted by Gasteiger charge is -2.23. The first-order valence-electron chi connectivity index (χ1n) is 5.76. The van der Waals surface area contributed by atoms with Crippen molar-refractivity contribution in [2.24, 2.45) is 5.92 Å². The molecule has 92 valence electrons. The van der Waals surface area contributed by atoms with Gasteiger partial charge in [0.05, 0.1) is 0 Å². The predicted octanol–water partition coefficient (Wildman–Crippen LogP) is 0.782. The highest BCUT2D eigenvalue weighted by atomic mass is 16.5. The van der Waals surface area contributed by atoms with E-state index in [0.717, 1.165) is 6.42 Å². The van der Waals surface area contributed by atoms with E-state index >= 15 is 0 Å². The lowest BCUT2D eigenvalue weighted by Crippen LogP contribution is -2.44. The minimum Gasteiger partial charge on any atom is -0.480 e. The number of ether oxygens (including phenoxy) is 1. The standard InChI is InChI=1S/C11H19NO4/c1-2-3-9(11(14)15)12-10(13)8-4-6-16-7-5-8/h8-9H,2-7H2,1H3,(H,12,13)(H,14,15)/t9-/m0/s1.